The molecule has 3 aromatic carbocycles. The lowest BCUT2D eigenvalue weighted by Crippen LogP contribution is -2.53. The van der Waals surface area contributed by atoms with Crippen LogP contribution in [0, 0.1) is 5.82 Å². The number of H-pyrrole nitrogens is 1. The lowest BCUT2D eigenvalue weighted by molar-refractivity contribution is -0.181. The predicted molar refractivity (Wildman–Crippen MR) is 144 cm³/mol. The smallest absolute Gasteiger partial charge is 0.330 e. The van der Waals surface area contributed by atoms with E-state index >= 15 is 4.39 Å². The van der Waals surface area contributed by atoms with Crippen molar-refractivity contribution in [2.75, 3.05) is 20.3 Å². The van der Waals surface area contributed by atoms with Gasteiger partial charge in [0, 0.05) is 0 Å². The van der Waals surface area contributed by atoms with Gasteiger partial charge in [-0.1, -0.05) is 72.8 Å². The lowest BCUT2D eigenvalue weighted by Gasteiger charge is -2.42. The molecule has 0 radical (unpaired) electrons. The fourth-order valence-corrected chi connectivity index (χ4v) is 5.22. The number of rotatable bonds is 9. The molecule has 5 rings (SSSR count). The van der Waals surface area contributed by atoms with E-state index in [9.17, 15) is 24.2 Å². The Labute approximate surface area is 233 Å². The SMILES string of the molecule is COc1ccc(C(O[C@H]2[C@H](F)[C@H](n3cc(F)c(=O)[nH]c3=O)OC2(CO)CO)(c2ccccc2)c2ccccc2)cc1. The molecule has 0 unspecified atom stereocenters. The first kappa shape index (κ1) is 28.4. The minimum absolute atomic E-state index is 0.519. The molecule has 1 aliphatic heterocycles. The number of nitrogens with one attached hydrogen (secondary N) is 1. The standard InChI is InChI=1S/C30H28F2N2O7/c1-39-22-14-12-21(13-15-22)30(19-8-4-2-5-9-19,20-10-6-3-7-11-20)40-25-24(32)27(41-29(25,17-35)18-36)34-16-23(31)26(37)33-28(34)38/h2-16,24-25,27,35-36H,17-18H2,1H3,(H,33,37,38)/t24-,25-,27+/m0/s1. The van der Waals surface area contributed by atoms with Crippen LogP contribution in [0.15, 0.2) is 101 Å². The molecule has 0 bridgehead atoms. The first-order valence-corrected chi connectivity index (χ1v) is 12.8. The largest absolute Gasteiger partial charge is 0.497 e. The summed E-state index contributed by atoms with van der Waals surface area (Å²) in [4.78, 5) is 25.9. The number of aliphatic hydroxyl groups excluding tert-OH is 2. The van der Waals surface area contributed by atoms with Crippen molar-refractivity contribution in [3.05, 3.63) is 134 Å². The van der Waals surface area contributed by atoms with Crippen molar-refractivity contribution in [2.24, 2.45) is 0 Å². The number of halogens is 2. The highest BCUT2D eigenvalue weighted by atomic mass is 19.1. The van der Waals surface area contributed by atoms with Crippen molar-refractivity contribution in [3.63, 3.8) is 0 Å². The Morgan fingerprint density at radius 3 is 1.98 bits per heavy atom. The molecule has 0 aliphatic carbocycles. The van der Waals surface area contributed by atoms with Crippen LogP contribution in [-0.4, -0.2) is 58.0 Å². The monoisotopic (exact) mass is 566 g/mol. The molecule has 1 aromatic heterocycles. The van der Waals surface area contributed by atoms with Gasteiger partial charge in [-0.05, 0) is 28.8 Å². The normalized spacial score (nSPS) is 20.2. The van der Waals surface area contributed by atoms with Gasteiger partial charge in [0.05, 0.1) is 26.5 Å². The molecule has 41 heavy (non-hydrogen) atoms. The molecule has 11 heteroatoms. The zero-order valence-corrected chi connectivity index (χ0v) is 21.9. The molecular weight excluding hydrogens is 538 g/mol. The maximum atomic E-state index is 16.5. The van der Waals surface area contributed by atoms with E-state index in [4.69, 9.17) is 14.2 Å². The molecule has 1 fully saturated rings. The van der Waals surface area contributed by atoms with Crippen LogP contribution in [0.4, 0.5) is 8.78 Å². The van der Waals surface area contributed by atoms with Gasteiger partial charge in [0.15, 0.2) is 12.4 Å². The van der Waals surface area contributed by atoms with Crippen LogP contribution >= 0.6 is 0 Å². The Kier molecular flexibility index (Phi) is 7.87. The first-order chi connectivity index (χ1) is 19.8. The Hall–Kier alpha value is -4.16. The fourth-order valence-electron chi connectivity index (χ4n) is 5.22. The van der Waals surface area contributed by atoms with E-state index in [0.29, 0.717) is 33.2 Å². The third-order valence-corrected chi connectivity index (χ3v) is 7.33. The van der Waals surface area contributed by atoms with Crippen LogP contribution in [0.1, 0.15) is 22.9 Å². The number of hydrogen-bond acceptors (Lipinski definition) is 7. The minimum atomic E-state index is -2.22. The summed E-state index contributed by atoms with van der Waals surface area (Å²) in [5.41, 5.74) is -4.29. The van der Waals surface area contributed by atoms with Crippen LogP contribution in [0.2, 0.25) is 0 Å². The van der Waals surface area contributed by atoms with E-state index in [2.05, 4.69) is 0 Å². The van der Waals surface area contributed by atoms with Crippen LogP contribution in [0.25, 0.3) is 0 Å². The van der Waals surface area contributed by atoms with Gasteiger partial charge in [-0.15, -0.1) is 0 Å². The van der Waals surface area contributed by atoms with Crippen LogP contribution in [0.3, 0.4) is 0 Å². The second kappa shape index (κ2) is 11.4. The van der Waals surface area contributed by atoms with Gasteiger partial charge in [-0.3, -0.25) is 14.3 Å². The molecule has 3 atom stereocenters. The molecule has 0 spiro atoms. The molecule has 2 heterocycles. The highest BCUT2D eigenvalue weighted by Crippen LogP contribution is 2.48. The maximum absolute atomic E-state index is 16.5. The number of aromatic nitrogens is 2. The van der Waals surface area contributed by atoms with E-state index in [1.165, 1.54) is 7.11 Å². The van der Waals surface area contributed by atoms with Crippen LogP contribution < -0.4 is 16.0 Å². The third-order valence-electron chi connectivity index (χ3n) is 7.33. The van der Waals surface area contributed by atoms with E-state index < -0.39 is 60.0 Å². The fraction of sp³-hybridized carbons (Fsp3) is 0.267. The van der Waals surface area contributed by atoms with Crippen molar-refractivity contribution >= 4 is 0 Å². The summed E-state index contributed by atoms with van der Waals surface area (Å²) < 4.78 is 49.1. The Morgan fingerprint density at radius 2 is 1.46 bits per heavy atom. The quantitative estimate of drug-likeness (QED) is 0.266. The third kappa shape index (κ3) is 4.87. The number of hydrogen-bond donors (Lipinski definition) is 3. The zero-order chi connectivity index (χ0) is 29.2. The van der Waals surface area contributed by atoms with Gasteiger partial charge in [-0.25, -0.2) is 9.18 Å². The molecule has 1 aliphatic rings. The van der Waals surface area contributed by atoms with E-state index in [1.807, 2.05) is 12.1 Å². The minimum Gasteiger partial charge on any atom is -0.497 e. The topological polar surface area (TPSA) is 123 Å². The van der Waals surface area contributed by atoms with Crippen molar-refractivity contribution in [3.8, 4) is 5.75 Å². The summed E-state index contributed by atoms with van der Waals surface area (Å²) in [6.45, 7) is -1.82. The van der Waals surface area contributed by atoms with Gasteiger partial charge in [0.25, 0.3) is 5.56 Å². The molecular formula is C30H28F2N2O7. The predicted octanol–water partition coefficient (Wildman–Crippen LogP) is 2.65. The Bertz CT molecular complexity index is 1550. The lowest BCUT2D eigenvalue weighted by atomic mass is 9.79. The average molecular weight is 567 g/mol. The summed E-state index contributed by atoms with van der Waals surface area (Å²) in [6.07, 6.45) is -5.25. The molecule has 3 N–H and O–H groups in total. The number of nitrogens with zero attached hydrogens (tertiary/aromatic N) is 1. The zero-order valence-electron chi connectivity index (χ0n) is 21.9. The van der Waals surface area contributed by atoms with Gasteiger partial charge < -0.3 is 24.4 Å². The molecule has 0 saturated carbocycles. The van der Waals surface area contributed by atoms with Gasteiger partial charge >= 0.3 is 5.69 Å². The van der Waals surface area contributed by atoms with Gasteiger partial charge in [-0.2, -0.15) is 4.39 Å². The number of benzene rings is 3. The Morgan fingerprint density at radius 1 is 0.927 bits per heavy atom. The van der Waals surface area contributed by atoms with Gasteiger partial charge in [0.1, 0.15) is 23.1 Å². The van der Waals surface area contributed by atoms with Crippen LogP contribution in [-0.2, 0) is 15.1 Å². The van der Waals surface area contributed by atoms with Crippen molar-refractivity contribution in [1.82, 2.24) is 9.55 Å². The molecule has 9 nitrogen and oxygen atoms in total. The maximum Gasteiger partial charge on any atom is 0.330 e. The summed E-state index contributed by atoms with van der Waals surface area (Å²) in [6, 6.07) is 24.9. The van der Waals surface area contributed by atoms with Crippen molar-refractivity contribution in [1.29, 1.82) is 0 Å². The number of aromatic amines is 1. The van der Waals surface area contributed by atoms with E-state index in [1.54, 1.807) is 77.8 Å². The Balaban J connectivity index is 1.73. The summed E-state index contributed by atoms with van der Waals surface area (Å²) in [5.74, 6) is -0.777. The molecule has 1 saturated heterocycles. The molecule has 0 amide bonds. The molecule has 214 valence electrons. The van der Waals surface area contributed by atoms with Crippen molar-refractivity contribution < 1.29 is 33.2 Å². The number of methoxy groups -OCH3 is 1. The number of ether oxygens (including phenoxy) is 3. The second-order valence-electron chi connectivity index (χ2n) is 9.66. The second-order valence-corrected chi connectivity index (χ2v) is 9.66. The van der Waals surface area contributed by atoms with Crippen LogP contribution in [0.5, 0.6) is 5.75 Å². The van der Waals surface area contributed by atoms with Crippen molar-refractivity contribution in [2.45, 2.75) is 29.7 Å². The average Bonchev–Trinajstić information content (AvgIpc) is 3.29. The molecule has 4 aromatic rings. The van der Waals surface area contributed by atoms with Gasteiger partial charge in [0.2, 0.25) is 5.82 Å². The number of aliphatic hydroxyl groups is 2. The van der Waals surface area contributed by atoms with E-state index in [-0.39, 0.29) is 0 Å². The summed E-state index contributed by atoms with van der Waals surface area (Å²) >= 11 is 0. The highest BCUT2D eigenvalue weighted by molar-refractivity contribution is 5.49. The first-order valence-electron chi connectivity index (χ1n) is 12.8. The number of alkyl halides is 1. The summed E-state index contributed by atoms with van der Waals surface area (Å²) in [7, 11) is 1.52. The van der Waals surface area contributed by atoms with E-state index in [0.717, 1.165) is 0 Å². The highest BCUT2D eigenvalue weighted by Gasteiger charge is 2.60. The summed E-state index contributed by atoms with van der Waals surface area (Å²) in [5, 5.41) is 20.9.